The molecule has 5 heteroatoms. The lowest BCUT2D eigenvalue weighted by molar-refractivity contribution is -0.126. The molecule has 1 N–H and O–H groups in total. The van der Waals surface area contributed by atoms with Gasteiger partial charge < -0.3 is 15.1 Å². The number of piperidine rings is 2. The Balaban J connectivity index is 1.34. The largest absolute Gasteiger partial charge is 0.371 e. The second-order valence-corrected chi connectivity index (χ2v) is 9.60. The van der Waals surface area contributed by atoms with Gasteiger partial charge in [0.05, 0.1) is 5.56 Å². The van der Waals surface area contributed by atoms with E-state index >= 15 is 0 Å². The molecule has 0 spiro atoms. The van der Waals surface area contributed by atoms with Gasteiger partial charge in [-0.1, -0.05) is 38.3 Å². The van der Waals surface area contributed by atoms with Gasteiger partial charge in [0, 0.05) is 43.8 Å². The zero-order chi connectivity index (χ0) is 20.9. The van der Waals surface area contributed by atoms with E-state index in [1.807, 2.05) is 23.1 Å². The Labute approximate surface area is 181 Å². The molecule has 1 aromatic carbocycles. The smallest absolute Gasteiger partial charge is 0.255 e. The zero-order valence-electron chi connectivity index (χ0n) is 18.4. The van der Waals surface area contributed by atoms with E-state index < -0.39 is 0 Å². The number of para-hydroxylation sites is 1. The van der Waals surface area contributed by atoms with Crippen molar-refractivity contribution >= 4 is 17.5 Å². The molecule has 0 aromatic heterocycles. The van der Waals surface area contributed by atoms with Crippen LogP contribution in [0, 0.1) is 11.8 Å². The van der Waals surface area contributed by atoms with Crippen molar-refractivity contribution < 1.29 is 9.59 Å². The topological polar surface area (TPSA) is 52.7 Å². The number of hydrogen-bond acceptors (Lipinski definition) is 3. The van der Waals surface area contributed by atoms with Gasteiger partial charge in [0.1, 0.15) is 0 Å². The molecule has 0 atom stereocenters. The number of nitrogens with zero attached hydrogens (tertiary/aromatic N) is 2. The standard InChI is InChI=1S/C25H37N3O2/c1-19-11-15-28(16-12-19)25(30)22-9-5-6-10-23(22)27-17-13-21(14-18-27)26-24(29)20-7-3-2-4-8-20/h5-6,9-10,19-21H,2-4,7-8,11-18H2,1H3,(H,26,29). The molecule has 3 aliphatic rings. The molecule has 0 bridgehead atoms. The third-order valence-electron chi connectivity index (χ3n) is 7.36. The van der Waals surface area contributed by atoms with Gasteiger partial charge in [-0.2, -0.15) is 0 Å². The van der Waals surface area contributed by atoms with Crippen LogP contribution in [0.4, 0.5) is 5.69 Å². The first-order chi connectivity index (χ1) is 14.6. The molecule has 1 aromatic rings. The van der Waals surface area contributed by atoms with Crippen LogP contribution < -0.4 is 10.2 Å². The lowest BCUT2D eigenvalue weighted by atomic mass is 9.88. The summed E-state index contributed by atoms with van der Waals surface area (Å²) in [4.78, 5) is 30.1. The van der Waals surface area contributed by atoms with E-state index in [1.165, 1.54) is 19.3 Å². The summed E-state index contributed by atoms with van der Waals surface area (Å²) in [6.45, 7) is 5.77. The van der Waals surface area contributed by atoms with E-state index in [1.54, 1.807) is 0 Å². The summed E-state index contributed by atoms with van der Waals surface area (Å²) in [6, 6.07) is 8.33. The molecule has 4 rings (SSSR count). The van der Waals surface area contributed by atoms with Crippen LogP contribution in [0.1, 0.15) is 75.1 Å². The van der Waals surface area contributed by atoms with E-state index in [4.69, 9.17) is 0 Å². The van der Waals surface area contributed by atoms with Gasteiger partial charge in [-0.3, -0.25) is 9.59 Å². The molecule has 2 amide bonds. The molecule has 0 radical (unpaired) electrons. The minimum absolute atomic E-state index is 0.172. The first-order valence-electron chi connectivity index (χ1n) is 12.1. The van der Waals surface area contributed by atoms with Gasteiger partial charge in [-0.25, -0.2) is 0 Å². The Bertz CT molecular complexity index is 728. The molecule has 0 unspecified atom stereocenters. The highest BCUT2D eigenvalue weighted by molar-refractivity contribution is 6.00. The average Bonchev–Trinajstić information content (AvgIpc) is 2.80. The van der Waals surface area contributed by atoms with E-state index in [2.05, 4.69) is 23.2 Å². The van der Waals surface area contributed by atoms with Crippen molar-refractivity contribution in [1.82, 2.24) is 10.2 Å². The molecule has 1 saturated carbocycles. The Hall–Kier alpha value is -2.04. The predicted molar refractivity (Wildman–Crippen MR) is 121 cm³/mol. The van der Waals surface area contributed by atoms with Crippen LogP contribution in [-0.2, 0) is 4.79 Å². The summed E-state index contributed by atoms with van der Waals surface area (Å²) < 4.78 is 0. The second kappa shape index (κ2) is 9.84. The van der Waals surface area contributed by atoms with Crippen LogP contribution in [0.2, 0.25) is 0 Å². The van der Waals surface area contributed by atoms with Crippen LogP contribution in [0.5, 0.6) is 0 Å². The van der Waals surface area contributed by atoms with Crippen LogP contribution >= 0.6 is 0 Å². The molecule has 1 aliphatic carbocycles. The number of anilines is 1. The first-order valence-corrected chi connectivity index (χ1v) is 12.1. The monoisotopic (exact) mass is 411 g/mol. The minimum atomic E-state index is 0.172. The van der Waals surface area contributed by atoms with Gasteiger partial charge in [0.25, 0.3) is 5.91 Å². The van der Waals surface area contributed by atoms with Crippen molar-refractivity contribution in [3.05, 3.63) is 29.8 Å². The van der Waals surface area contributed by atoms with Crippen molar-refractivity contribution in [3.63, 3.8) is 0 Å². The summed E-state index contributed by atoms with van der Waals surface area (Å²) in [7, 11) is 0. The highest BCUT2D eigenvalue weighted by atomic mass is 16.2. The molecule has 2 heterocycles. The molecule has 2 aliphatic heterocycles. The maximum atomic E-state index is 13.2. The van der Waals surface area contributed by atoms with Crippen molar-refractivity contribution in [2.24, 2.45) is 11.8 Å². The molecule has 164 valence electrons. The Morgan fingerprint density at radius 3 is 2.23 bits per heavy atom. The summed E-state index contributed by atoms with van der Waals surface area (Å²) in [5.41, 5.74) is 1.88. The Kier molecular flexibility index (Phi) is 6.96. The quantitative estimate of drug-likeness (QED) is 0.807. The molecular formula is C25H37N3O2. The number of hydrogen-bond donors (Lipinski definition) is 1. The van der Waals surface area contributed by atoms with Crippen LogP contribution in [0.15, 0.2) is 24.3 Å². The third kappa shape index (κ3) is 4.98. The Morgan fingerprint density at radius 1 is 0.867 bits per heavy atom. The van der Waals surface area contributed by atoms with E-state index in [-0.39, 0.29) is 23.8 Å². The summed E-state index contributed by atoms with van der Waals surface area (Å²) in [6.07, 6.45) is 9.85. The fourth-order valence-electron chi connectivity index (χ4n) is 5.26. The molecule has 5 nitrogen and oxygen atoms in total. The van der Waals surface area contributed by atoms with E-state index in [0.29, 0.717) is 5.92 Å². The molecular weight excluding hydrogens is 374 g/mol. The fourth-order valence-corrected chi connectivity index (χ4v) is 5.26. The van der Waals surface area contributed by atoms with Gasteiger partial charge in [-0.05, 0) is 56.6 Å². The maximum absolute atomic E-state index is 13.2. The van der Waals surface area contributed by atoms with Gasteiger partial charge in [0.2, 0.25) is 5.91 Å². The maximum Gasteiger partial charge on any atom is 0.255 e. The zero-order valence-corrected chi connectivity index (χ0v) is 18.4. The lowest BCUT2D eigenvalue weighted by Gasteiger charge is -2.36. The molecule has 2 saturated heterocycles. The average molecular weight is 412 g/mol. The van der Waals surface area contributed by atoms with Gasteiger partial charge >= 0.3 is 0 Å². The van der Waals surface area contributed by atoms with E-state index in [0.717, 1.165) is 76.0 Å². The Morgan fingerprint density at radius 2 is 1.53 bits per heavy atom. The van der Waals surface area contributed by atoms with Crippen LogP contribution in [-0.4, -0.2) is 48.9 Å². The number of carbonyl (C=O) groups excluding carboxylic acids is 2. The van der Waals surface area contributed by atoms with Gasteiger partial charge in [-0.15, -0.1) is 0 Å². The summed E-state index contributed by atoms with van der Waals surface area (Å²) in [5, 5.41) is 3.31. The van der Waals surface area contributed by atoms with Crippen molar-refractivity contribution in [3.8, 4) is 0 Å². The van der Waals surface area contributed by atoms with Crippen molar-refractivity contribution in [1.29, 1.82) is 0 Å². The van der Waals surface area contributed by atoms with Crippen molar-refractivity contribution in [2.45, 2.75) is 70.8 Å². The summed E-state index contributed by atoms with van der Waals surface area (Å²) in [5.74, 6) is 1.38. The number of carbonyl (C=O) groups is 2. The third-order valence-corrected chi connectivity index (χ3v) is 7.36. The minimum Gasteiger partial charge on any atom is -0.371 e. The highest BCUT2D eigenvalue weighted by Crippen LogP contribution is 2.28. The second-order valence-electron chi connectivity index (χ2n) is 9.60. The fraction of sp³-hybridized carbons (Fsp3) is 0.680. The highest BCUT2D eigenvalue weighted by Gasteiger charge is 2.28. The number of likely N-dealkylation sites (tertiary alicyclic amines) is 1. The van der Waals surface area contributed by atoms with Crippen molar-refractivity contribution in [2.75, 3.05) is 31.1 Å². The molecule has 3 fully saturated rings. The van der Waals surface area contributed by atoms with Crippen LogP contribution in [0.25, 0.3) is 0 Å². The number of nitrogens with one attached hydrogen (secondary N) is 1. The SMILES string of the molecule is CC1CCN(C(=O)c2ccccc2N2CCC(NC(=O)C3CCCCC3)CC2)CC1. The normalized spacial score (nSPS) is 22.2. The van der Waals surface area contributed by atoms with E-state index in [9.17, 15) is 9.59 Å². The summed E-state index contributed by atoms with van der Waals surface area (Å²) >= 11 is 0. The molecule has 30 heavy (non-hydrogen) atoms. The van der Waals surface area contributed by atoms with Crippen LogP contribution in [0.3, 0.4) is 0 Å². The number of rotatable bonds is 4. The predicted octanol–water partition coefficient (Wildman–Crippen LogP) is 4.22. The van der Waals surface area contributed by atoms with Gasteiger partial charge in [0.15, 0.2) is 0 Å². The first kappa shape index (κ1) is 21.2. The number of benzene rings is 1. The lowest BCUT2D eigenvalue weighted by Crippen LogP contribution is -2.47. The number of amides is 2.